The molecule has 0 bridgehead atoms. The van der Waals surface area contributed by atoms with Gasteiger partial charge in [-0.1, -0.05) is 12.5 Å². The summed E-state index contributed by atoms with van der Waals surface area (Å²) < 4.78 is 13.4. The topological polar surface area (TPSA) is 17.1 Å². The van der Waals surface area contributed by atoms with Gasteiger partial charge in [-0.15, -0.1) is 11.3 Å². The Balaban J connectivity index is 1.96. The number of halogens is 1. The maximum absolute atomic E-state index is 13.4. The number of carbonyl (C=O) groups excluding carboxylic acids is 1. The van der Waals surface area contributed by atoms with Crippen molar-refractivity contribution in [3.8, 4) is 0 Å². The number of thiophene rings is 1. The number of ketones is 1. The van der Waals surface area contributed by atoms with Crippen LogP contribution in [0, 0.1) is 12.7 Å². The van der Waals surface area contributed by atoms with Gasteiger partial charge in [-0.05, 0) is 61.9 Å². The number of hydrogen-bond donors (Lipinski definition) is 0. The van der Waals surface area contributed by atoms with E-state index >= 15 is 0 Å². The van der Waals surface area contributed by atoms with Gasteiger partial charge in [-0.25, -0.2) is 4.39 Å². The highest BCUT2D eigenvalue weighted by atomic mass is 32.1. The van der Waals surface area contributed by atoms with E-state index in [1.165, 1.54) is 41.8 Å². The maximum atomic E-state index is 13.4. The number of benzene rings is 1. The molecule has 1 aliphatic rings. The van der Waals surface area contributed by atoms with Gasteiger partial charge < -0.3 is 0 Å². The van der Waals surface area contributed by atoms with Crippen molar-refractivity contribution >= 4 is 17.1 Å². The summed E-state index contributed by atoms with van der Waals surface area (Å²) in [7, 11) is 0. The van der Waals surface area contributed by atoms with E-state index in [0.29, 0.717) is 5.56 Å². The molecule has 0 spiro atoms. The van der Waals surface area contributed by atoms with Crippen molar-refractivity contribution in [1.29, 1.82) is 0 Å². The fraction of sp³-hybridized carbons (Fsp3) is 0.353. The third-order valence-corrected chi connectivity index (χ3v) is 5.15. The van der Waals surface area contributed by atoms with Crippen LogP contribution < -0.4 is 0 Å². The van der Waals surface area contributed by atoms with Gasteiger partial charge >= 0.3 is 0 Å². The molecule has 3 heteroatoms. The lowest BCUT2D eigenvalue weighted by Gasteiger charge is -2.03. The predicted molar refractivity (Wildman–Crippen MR) is 80.1 cm³/mol. The predicted octanol–water partition coefficient (Wildman–Crippen LogP) is 4.70. The Morgan fingerprint density at radius 2 is 1.95 bits per heavy atom. The van der Waals surface area contributed by atoms with E-state index < -0.39 is 0 Å². The third-order valence-electron chi connectivity index (χ3n) is 3.91. The first-order chi connectivity index (χ1) is 9.65. The van der Waals surface area contributed by atoms with Crippen molar-refractivity contribution < 1.29 is 9.18 Å². The lowest BCUT2D eigenvalue weighted by molar-refractivity contribution is 0.104. The third kappa shape index (κ3) is 2.55. The molecule has 0 saturated carbocycles. The molecule has 1 heterocycles. The van der Waals surface area contributed by atoms with Crippen molar-refractivity contribution in [3.63, 3.8) is 0 Å². The summed E-state index contributed by atoms with van der Waals surface area (Å²) in [6.07, 6.45) is 5.83. The monoisotopic (exact) mass is 288 g/mol. The standard InChI is InChI=1S/C17H17FOS/c1-11-7-8-13(18)10-14(11)17(19)16-9-12-5-3-2-4-6-15(12)20-16/h7-10H,2-6H2,1H3. The zero-order chi connectivity index (χ0) is 14.1. The van der Waals surface area contributed by atoms with Gasteiger partial charge in [0, 0.05) is 10.4 Å². The van der Waals surface area contributed by atoms with Crippen molar-refractivity contribution in [1.82, 2.24) is 0 Å². The smallest absolute Gasteiger partial charge is 0.203 e. The van der Waals surface area contributed by atoms with E-state index in [-0.39, 0.29) is 11.6 Å². The summed E-state index contributed by atoms with van der Waals surface area (Å²) in [5.41, 5.74) is 2.64. The van der Waals surface area contributed by atoms with Crippen LogP contribution in [-0.2, 0) is 12.8 Å². The highest BCUT2D eigenvalue weighted by Crippen LogP contribution is 2.30. The van der Waals surface area contributed by atoms with Crippen LogP contribution >= 0.6 is 11.3 Å². The van der Waals surface area contributed by atoms with E-state index in [1.54, 1.807) is 17.4 Å². The number of rotatable bonds is 2. The zero-order valence-corrected chi connectivity index (χ0v) is 12.4. The second kappa shape index (κ2) is 5.49. The van der Waals surface area contributed by atoms with E-state index in [0.717, 1.165) is 23.3 Å². The van der Waals surface area contributed by atoms with Crippen LogP contribution in [0.3, 0.4) is 0 Å². The van der Waals surface area contributed by atoms with Crippen LogP contribution in [0.1, 0.15) is 50.5 Å². The Morgan fingerprint density at radius 1 is 1.15 bits per heavy atom. The Kier molecular flexibility index (Phi) is 3.70. The van der Waals surface area contributed by atoms with Gasteiger partial charge in [-0.3, -0.25) is 4.79 Å². The van der Waals surface area contributed by atoms with Crippen molar-refractivity contribution in [2.45, 2.75) is 39.0 Å². The van der Waals surface area contributed by atoms with E-state index in [9.17, 15) is 9.18 Å². The van der Waals surface area contributed by atoms with Gasteiger partial charge in [0.15, 0.2) is 0 Å². The van der Waals surface area contributed by atoms with Gasteiger partial charge in [0.05, 0.1) is 4.88 Å². The summed E-state index contributed by atoms with van der Waals surface area (Å²) in [5, 5.41) is 0. The molecule has 0 aliphatic heterocycles. The molecule has 1 aliphatic carbocycles. The normalized spacial score (nSPS) is 14.7. The largest absolute Gasteiger partial charge is 0.288 e. The summed E-state index contributed by atoms with van der Waals surface area (Å²) >= 11 is 1.59. The van der Waals surface area contributed by atoms with Crippen LogP contribution in [0.25, 0.3) is 0 Å². The summed E-state index contributed by atoms with van der Waals surface area (Å²) in [6.45, 7) is 1.85. The Morgan fingerprint density at radius 3 is 2.80 bits per heavy atom. The molecule has 1 aromatic heterocycles. The molecular formula is C17H17FOS. The molecule has 0 unspecified atom stereocenters. The number of aryl methyl sites for hydroxylation is 3. The zero-order valence-electron chi connectivity index (χ0n) is 11.5. The van der Waals surface area contributed by atoms with Crippen LogP contribution in [-0.4, -0.2) is 5.78 Å². The summed E-state index contributed by atoms with van der Waals surface area (Å²) in [5.74, 6) is -0.392. The summed E-state index contributed by atoms with van der Waals surface area (Å²) in [4.78, 5) is 14.7. The second-order valence-electron chi connectivity index (χ2n) is 5.41. The molecule has 2 aromatic rings. The molecule has 104 valence electrons. The fourth-order valence-electron chi connectivity index (χ4n) is 2.75. The second-order valence-corrected chi connectivity index (χ2v) is 6.54. The number of fused-ring (bicyclic) bond motifs is 1. The van der Waals surface area contributed by atoms with Crippen LogP contribution in [0.4, 0.5) is 4.39 Å². The van der Waals surface area contributed by atoms with Crippen molar-refractivity contribution in [2.24, 2.45) is 0 Å². The molecule has 0 N–H and O–H groups in total. The molecule has 0 radical (unpaired) electrons. The van der Waals surface area contributed by atoms with Gasteiger partial charge in [-0.2, -0.15) is 0 Å². The van der Waals surface area contributed by atoms with Crippen LogP contribution in [0.5, 0.6) is 0 Å². The highest BCUT2D eigenvalue weighted by molar-refractivity contribution is 7.14. The molecule has 0 atom stereocenters. The molecule has 3 rings (SSSR count). The SMILES string of the molecule is Cc1ccc(F)cc1C(=O)c1cc2c(s1)CCCCC2. The molecule has 1 nitrogen and oxygen atoms in total. The average molecular weight is 288 g/mol. The van der Waals surface area contributed by atoms with Gasteiger partial charge in [0.2, 0.25) is 5.78 Å². The average Bonchev–Trinajstić information content (AvgIpc) is 2.72. The Bertz CT molecular complexity index is 634. The quantitative estimate of drug-likeness (QED) is 0.578. The van der Waals surface area contributed by atoms with E-state index in [1.807, 2.05) is 13.0 Å². The van der Waals surface area contributed by atoms with Gasteiger partial charge in [0.1, 0.15) is 5.82 Å². The Labute approximate surface area is 122 Å². The van der Waals surface area contributed by atoms with Gasteiger partial charge in [0.25, 0.3) is 0 Å². The minimum atomic E-state index is -0.350. The van der Waals surface area contributed by atoms with E-state index in [4.69, 9.17) is 0 Å². The first-order valence-electron chi connectivity index (χ1n) is 7.07. The van der Waals surface area contributed by atoms with Crippen molar-refractivity contribution in [3.05, 3.63) is 56.5 Å². The summed E-state index contributed by atoms with van der Waals surface area (Å²) in [6, 6.07) is 6.44. The van der Waals surface area contributed by atoms with Crippen LogP contribution in [0.2, 0.25) is 0 Å². The molecule has 0 amide bonds. The molecule has 1 aromatic carbocycles. The fourth-order valence-corrected chi connectivity index (χ4v) is 3.96. The molecule has 20 heavy (non-hydrogen) atoms. The maximum Gasteiger partial charge on any atom is 0.203 e. The lowest BCUT2D eigenvalue weighted by atomic mass is 10.0. The van der Waals surface area contributed by atoms with E-state index in [2.05, 4.69) is 0 Å². The number of carbonyl (C=O) groups is 1. The van der Waals surface area contributed by atoms with Crippen molar-refractivity contribution in [2.75, 3.05) is 0 Å². The number of hydrogen-bond acceptors (Lipinski definition) is 2. The Hall–Kier alpha value is -1.48. The lowest BCUT2D eigenvalue weighted by Crippen LogP contribution is -2.02. The minimum absolute atomic E-state index is 0.0416. The minimum Gasteiger partial charge on any atom is -0.288 e. The highest BCUT2D eigenvalue weighted by Gasteiger charge is 2.19. The first kappa shape index (κ1) is 13.5. The first-order valence-corrected chi connectivity index (χ1v) is 7.89. The molecule has 0 saturated heterocycles. The molecule has 0 fully saturated rings. The van der Waals surface area contributed by atoms with Crippen LogP contribution in [0.15, 0.2) is 24.3 Å². The molecular weight excluding hydrogens is 271 g/mol.